The van der Waals surface area contributed by atoms with Gasteiger partial charge in [-0.05, 0) is 37.6 Å². The number of carbonyl (C=O) groups excluding carboxylic acids is 2. The third-order valence-electron chi connectivity index (χ3n) is 4.12. The highest BCUT2D eigenvalue weighted by atomic mass is 16.5. The van der Waals surface area contributed by atoms with Crippen LogP contribution in [0.15, 0.2) is 18.2 Å². The summed E-state index contributed by atoms with van der Waals surface area (Å²) in [7, 11) is 1.65. The Balaban J connectivity index is 2.10. The second-order valence-corrected chi connectivity index (χ2v) is 5.74. The van der Waals surface area contributed by atoms with Crippen molar-refractivity contribution in [2.75, 3.05) is 26.8 Å². The Labute approximate surface area is 136 Å². The molecule has 0 radical (unpaired) electrons. The minimum atomic E-state index is -0.398. The van der Waals surface area contributed by atoms with Crippen LogP contribution in [-0.4, -0.2) is 44.7 Å². The number of hydrogen-bond acceptors (Lipinski definition) is 4. The summed E-state index contributed by atoms with van der Waals surface area (Å²) in [5.41, 5.74) is 2.19. The van der Waals surface area contributed by atoms with Gasteiger partial charge in [-0.2, -0.15) is 0 Å². The summed E-state index contributed by atoms with van der Waals surface area (Å²) in [5.74, 6) is 0.450. The van der Waals surface area contributed by atoms with Gasteiger partial charge >= 0.3 is 5.97 Å². The zero-order valence-corrected chi connectivity index (χ0v) is 14.0. The highest BCUT2D eigenvalue weighted by Crippen LogP contribution is 2.18. The third kappa shape index (κ3) is 4.45. The van der Waals surface area contributed by atoms with Crippen LogP contribution in [0.25, 0.3) is 0 Å². The number of benzene rings is 1. The molecule has 0 bridgehead atoms. The number of quaternary nitrogens is 1. The van der Waals surface area contributed by atoms with E-state index in [1.54, 1.807) is 14.0 Å². The third-order valence-corrected chi connectivity index (χ3v) is 4.12. The van der Waals surface area contributed by atoms with E-state index in [-0.39, 0.29) is 18.3 Å². The largest absolute Gasteiger partial charge is 0.496 e. The summed E-state index contributed by atoms with van der Waals surface area (Å²) >= 11 is 0. The maximum atomic E-state index is 12.1. The molecule has 1 aromatic carbocycles. The Morgan fingerprint density at radius 3 is 2.87 bits per heavy atom. The minimum Gasteiger partial charge on any atom is -0.496 e. The molecule has 6 nitrogen and oxygen atoms in total. The summed E-state index contributed by atoms with van der Waals surface area (Å²) in [6, 6.07) is 5.62. The van der Waals surface area contributed by atoms with Crippen LogP contribution in [0.3, 0.4) is 0 Å². The highest BCUT2D eigenvalue weighted by molar-refractivity contribution is 5.85. The summed E-state index contributed by atoms with van der Waals surface area (Å²) in [6.07, 6.45) is 0.115. The van der Waals surface area contributed by atoms with Gasteiger partial charge in [0.25, 0.3) is 5.91 Å². The topological polar surface area (TPSA) is 69.1 Å². The Morgan fingerprint density at radius 2 is 2.22 bits per heavy atom. The van der Waals surface area contributed by atoms with E-state index in [1.165, 1.54) is 0 Å². The van der Waals surface area contributed by atoms with Gasteiger partial charge in [-0.3, -0.25) is 9.59 Å². The van der Waals surface area contributed by atoms with Crippen LogP contribution >= 0.6 is 0 Å². The van der Waals surface area contributed by atoms with Crippen molar-refractivity contribution in [1.29, 1.82) is 0 Å². The number of piperazine rings is 1. The first kappa shape index (κ1) is 17.3. The molecule has 0 saturated carbocycles. The molecule has 23 heavy (non-hydrogen) atoms. The number of esters is 1. The Kier molecular flexibility index (Phi) is 5.98. The average Bonchev–Trinajstić information content (AvgIpc) is 2.51. The second-order valence-electron chi connectivity index (χ2n) is 5.74. The van der Waals surface area contributed by atoms with Gasteiger partial charge in [0.1, 0.15) is 18.7 Å². The smallest absolute Gasteiger partial charge is 0.312 e. The van der Waals surface area contributed by atoms with E-state index in [2.05, 4.69) is 11.4 Å². The van der Waals surface area contributed by atoms with Gasteiger partial charge in [-0.1, -0.05) is 0 Å². The molecule has 2 atom stereocenters. The fourth-order valence-corrected chi connectivity index (χ4v) is 2.98. The molecule has 1 amide bonds. The van der Waals surface area contributed by atoms with Crippen molar-refractivity contribution in [3.05, 3.63) is 29.3 Å². The van der Waals surface area contributed by atoms with Crippen molar-refractivity contribution < 1.29 is 24.0 Å². The van der Waals surface area contributed by atoms with Crippen LogP contribution in [0.4, 0.5) is 0 Å². The molecule has 1 fully saturated rings. The standard InChI is InChI=1S/C17H24N2O4/c1-4-23-16(20)10-14-17(21)18-7-8-19(14)11-13-5-6-15(22-3)12(2)9-13/h5-6,9,14H,4,7-8,10-11H2,1-3H3,(H,18,21)/p+1/t14-/m0/s1. The van der Waals surface area contributed by atoms with Gasteiger partial charge < -0.3 is 19.7 Å². The predicted molar refractivity (Wildman–Crippen MR) is 85.3 cm³/mol. The quantitative estimate of drug-likeness (QED) is 0.715. The van der Waals surface area contributed by atoms with E-state index in [0.29, 0.717) is 19.7 Å². The van der Waals surface area contributed by atoms with Crippen LogP contribution in [0.1, 0.15) is 24.5 Å². The normalized spacial score (nSPS) is 20.7. The minimum absolute atomic E-state index is 0.0791. The molecule has 1 unspecified atom stereocenters. The fourth-order valence-electron chi connectivity index (χ4n) is 2.98. The number of carbonyl (C=O) groups is 2. The lowest BCUT2D eigenvalue weighted by Crippen LogP contribution is -3.18. The predicted octanol–water partition coefficient (Wildman–Crippen LogP) is -0.160. The molecular weight excluding hydrogens is 296 g/mol. The molecule has 1 saturated heterocycles. The maximum Gasteiger partial charge on any atom is 0.312 e. The van der Waals surface area contributed by atoms with Crippen LogP contribution < -0.4 is 15.0 Å². The molecular formula is C17H25N2O4+. The van der Waals surface area contributed by atoms with Crippen LogP contribution in [0, 0.1) is 6.92 Å². The van der Waals surface area contributed by atoms with Gasteiger partial charge in [0, 0.05) is 5.56 Å². The van der Waals surface area contributed by atoms with Crippen molar-refractivity contribution in [2.45, 2.75) is 32.9 Å². The average molecular weight is 321 g/mol. The summed E-state index contributed by atoms with van der Waals surface area (Å²) in [5, 5.41) is 2.84. The van der Waals surface area contributed by atoms with E-state index in [0.717, 1.165) is 28.3 Å². The van der Waals surface area contributed by atoms with Gasteiger partial charge in [0.15, 0.2) is 6.04 Å². The van der Waals surface area contributed by atoms with Crippen molar-refractivity contribution >= 4 is 11.9 Å². The van der Waals surface area contributed by atoms with Crippen molar-refractivity contribution in [1.82, 2.24) is 5.32 Å². The summed E-state index contributed by atoms with van der Waals surface area (Å²) in [4.78, 5) is 25.0. The molecule has 0 aromatic heterocycles. The molecule has 2 rings (SSSR count). The van der Waals surface area contributed by atoms with Gasteiger partial charge in [-0.25, -0.2) is 0 Å². The van der Waals surface area contributed by atoms with Crippen LogP contribution in [-0.2, 0) is 20.9 Å². The van der Waals surface area contributed by atoms with Crippen molar-refractivity contribution in [3.63, 3.8) is 0 Å². The molecule has 1 aliphatic heterocycles. The highest BCUT2D eigenvalue weighted by Gasteiger charge is 2.35. The first-order chi connectivity index (χ1) is 11.0. The van der Waals surface area contributed by atoms with E-state index < -0.39 is 6.04 Å². The van der Waals surface area contributed by atoms with E-state index in [4.69, 9.17) is 9.47 Å². The number of rotatable bonds is 6. The first-order valence-corrected chi connectivity index (χ1v) is 7.96. The zero-order valence-electron chi connectivity index (χ0n) is 14.0. The van der Waals surface area contributed by atoms with Crippen LogP contribution in [0.5, 0.6) is 5.75 Å². The Hall–Kier alpha value is -2.08. The molecule has 1 heterocycles. The molecule has 6 heteroatoms. The zero-order chi connectivity index (χ0) is 16.8. The lowest BCUT2D eigenvalue weighted by Gasteiger charge is -2.31. The molecule has 1 aliphatic rings. The summed E-state index contributed by atoms with van der Waals surface area (Å²) in [6.45, 7) is 6.21. The first-order valence-electron chi connectivity index (χ1n) is 7.96. The molecule has 2 N–H and O–H groups in total. The van der Waals surface area contributed by atoms with Crippen LogP contribution in [0.2, 0.25) is 0 Å². The molecule has 1 aromatic rings. The molecule has 126 valence electrons. The fraction of sp³-hybridized carbons (Fsp3) is 0.529. The van der Waals surface area contributed by atoms with E-state index in [9.17, 15) is 9.59 Å². The van der Waals surface area contributed by atoms with Gasteiger partial charge in [0.2, 0.25) is 0 Å². The monoisotopic (exact) mass is 321 g/mol. The van der Waals surface area contributed by atoms with Crippen molar-refractivity contribution in [3.8, 4) is 5.75 Å². The maximum absolute atomic E-state index is 12.1. The van der Waals surface area contributed by atoms with Gasteiger partial charge in [-0.15, -0.1) is 0 Å². The number of aryl methyl sites for hydroxylation is 1. The number of ether oxygens (including phenoxy) is 2. The number of nitrogens with one attached hydrogen (secondary N) is 2. The second kappa shape index (κ2) is 7.97. The molecule has 0 spiro atoms. The number of hydrogen-bond donors (Lipinski definition) is 2. The molecule has 0 aliphatic carbocycles. The Morgan fingerprint density at radius 1 is 1.43 bits per heavy atom. The van der Waals surface area contributed by atoms with Gasteiger partial charge in [0.05, 0.1) is 26.8 Å². The Bertz CT molecular complexity index is 574. The lowest BCUT2D eigenvalue weighted by molar-refractivity contribution is -0.930. The van der Waals surface area contributed by atoms with E-state index in [1.807, 2.05) is 19.1 Å². The SMILES string of the molecule is CCOC(=O)C[C@H]1C(=O)NCC[NH+]1Cc1ccc(OC)c(C)c1. The number of amides is 1. The van der Waals surface area contributed by atoms with E-state index >= 15 is 0 Å². The number of methoxy groups -OCH3 is 1. The lowest BCUT2D eigenvalue weighted by atomic mass is 10.1. The van der Waals surface area contributed by atoms with Crippen molar-refractivity contribution in [2.24, 2.45) is 0 Å². The summed E-state index contributed by atoms with van der Waals surface area (Å²) < 4.78 is 10.3.